The summed E-state index contributed by atoms with van der Waals surface area (Å²) in [6.45, 7) is -0.614. The van der Waals surface area contributed by atoms with Gasteiger partial charge < -0.3 is 15.2 Å². The van der Waals surface area contributed by atoms with Gasteiger partial charge in [0.2, 0.25) is 0 Å². The number of ether oxygens (including phenoxy) is 2. The predicted octanol–water partition coefficient (Wildman–Crippen LogP) is 2.67. The molecule has 0 saturated carbocycles. The fourth-order valence-corrected chi connectivity index (χ4v) is 1.59. The minimum absolute atomic E-state index is 0.0914. The topological polar surface area (TPSA) is 61.5 Å². The van der Waals surface area contributed by atoms with Crippen LogP contribution >= 0.6 is 0 Å². The Balaban J connectivity index is 1.82. The highest BCUT2D eigenvalue weighted by Crippen LogP contribution is 2.14. The average molecular weight is 293 g/mol. The van der Waals surface area contributed by atoms with Gasteiger partial charge in [0.05, 0.1) is 0 Å². The van der Waals surface area contributed by atoms with Crippen LogP contribution in [0.3, 0.4) is 0 Å². The molecule has 21 heavy (non-hydrogen) atoms. The van der Waals surface area contributed by atoms with Crippen molar-refractivity contribution in [2.75, 3.05) is 12.3 Å². The fourth-order valence-electron chi connectivity index (χ4n) is 1.59. The largest absolute Gasteiger partial charge is 0.482 e. The maximum atomic E-state index is 13.3. The zero-order valence-electron chi connectivity index (χ0n) is 11.0. The Morgan fingerprint density at radius 3 is 2.67 bits per heavy atom. The maximum absolute atomic E-state index is 13.3. The molecular formula is C15H13F2NO3. The second kappa shape index (κ2) is 6.69. The van der Waals surface area contributed by atoms with Gasteiger partial charge in [-0.3, -0.25) is 0 Å². The molecule has 0 radical (unpaired) electrons. The summed E-state index contributed by atoms with van der Waals surface area (Å²) in [6, 6.07) is 9.61. The normalized spacial score (nSPS) is 10.2. The van der Waals surface area contributed by atoms with E-state index in [2.05, 4.69) is 0 Å². The Hall–Kier alpha value is -2.63. The van der Waals surface area contributed by atoms with Crippen molar-refractivity contribution in [2.45, 2.75) is 6.61 Å². The van der Waals surface area contributed by atoms with Gasteiger partial charge in [-0.05, 0) is 24.3 Å². The molecule has 2 rings (SSSR count). The summed E-state index contributed by atoms with van der Waals surface area (Å²) in [5, 5.41) is 0. The van der Waals surface area contributed by atoms with Gasteiger partial charge in [-0.1, -0.05) is 6.07 Å². The molecule has 0 atom stereocenters. The smallest absolute Gasteiger partial charge is 0.344 e. The van der Waals surface area contributed by atoms with Crippen molar-refractivity contribution in [1.82, 2.24) is 0 Å². The predicted molar refractivity (Wildman–Crippen MR) is 72.5 cm³/mol. The summed E-state index contributed by atoms with van der Waals surface area (Å²) in [6.07, 6.45) is 0. The molecule has 4 nitrogen and oxygen atoms in total. The number of nitrogens with two attached hydrogens (primary N) is 1. The number of hydrogen-bond acceptors (Lipinski definition) is 4. The Bertz CT molecular complexity index is 647. The number of rotatable bonds is 5. The van der Waals surface area contributed by atoms with Gasteiger partial charge in [-0.15, -0.1) is 0 Å². The molecule has 0 aliphatic carbocycles. The van der Waals surface area contributed by atoms with Gasteiger partial charge in [0.1, 0.15) is 24.0 Å². The Labute approximate surface area is 120 Å². The number of benzene rings is 2. The van der Waals surface area contributed by atoms with Crippen LogP contribution in [0.25, 0.3) is 0 Å². The van der Waals surface area contributed by atoms with E-state index < -0.39 is 17.6 Å². The highest BCUT2D eigenvalue weighted by Gasteiger charge is 2.08. The molecule has 0 heterocycles. The molecule has 0 spiro atoms. The SMILES string of the molecule is Nc1cccc(OCC(=O)OCc2ccc(F)cc2F)c1. The van der Waals surface area contributed by atoms with E-state index >= 15 is 0 Å². The molecule has 0 aromatic heterocycles. The summed E-state index contributed by atoms with van der Waals surface area (Å²) < 4.78 is 36.1. The molecule has 110 valence electrons. The van der Waals surface area contributed by atoms with Crippen LogP contribution in [-0.4, -0.2) is 12.6 Å². The molecule has 6 heteroatoms. The van der Waals surface area contributed by atoms with Crippen LogP contribution in [0.15, 0.2) is 42.5 Å². The monoisotopic (exact) mass is 293 g/mol. The number of halogens is 2. The van der Waals surface area contributed by atoms with Gasteiger partial charge >= 0.3 is 5.97 Å². The Morgan fingerprint density at radius 1 is 1.14 bits per heavy atom. The zero-order valence-corrected chi connectivity index (χ0v) is 11.0. The van der Waals surface area contributed by atoms with Crippen molar-refractivity contribution in [3.05, 3.63) is 59.7 Å². The second-order valence-corrected chi connectivity index (χ2v) is 4.26. The van der Waals surface area contributed by atoms with Gasteiger partial charge in [-0.2, -0.15) is 0 Å². The van der Waals surface area contributed by atoms with Gasteiger partial charge in [0, 0.05) is 23.4 Å². The van der Waals surface area contributed by atoms with Crippen LogP contribution in [0, 0.1) is 11.6 Å². The lowest BCUT2D eigenvalue weighted by molar-refractivity contribution is -0.147. The average Bonchev–Trinajstić information content (AvgIpc) is 2.44. The minimum Gasteiger partial charge on any atom is -0.482 e. The lowest BCUT2D eigenvalue weighted by Gasteiger charge is -2.08. The first-order valence-corrected chi connectivity index (χ1v) is 6.12. The first-order chi connectivity index (χ1) is 10.0. The number of nitrogen functional groups attached to an aromatic ring is 1. The van der Waals surface area contributed by atoms with E-state index in [0.29, 0.717) is 11.4 Å². The summed E-state index contributed by atoms with van der Waals surface area (Å²) in [5.74, 6) is -1.69. The van der Waals surface area contributed by atoms with Gasteiger partial charge in [0.25, 0.3) is 0 Å². The van der Waals surface area contributed by atoms with Crippen molar-refractivity contribution in [3.8, 4) is 5.75 Å². The molecule has 0 bridgehead atoms. The summed E-state index contributed by atoms with van der Waals surface area (Å²) in [4.78, 5) is 11.5. The molecule has 2 aromatic rings. The first-order valence-electron chi connectivity index (χ1n) is 6.12. The second-order valence-electron chi connectivity index (χ2n) is 4.26. The molecule has 0 aliphatic heterocycles. The van der Waals surface area contributed by atoms with Crippen molar-refractivity contribution in [3.63, 3.8) is 0 Å². The van der Waals surface area contributed by atoms with Crippen molar-refractivity contribution < 1.29 is 23.0 Å². The van der Waals surface area contributed by atoms with Crippen LogP contribution in [0.2, 0.25) is 0 Å². The van der Waals surface area contributed by atoms with Crippen LogP contribution in [-0.2, 0) is 16.1 Å². The third-order valence-corrected chi connectivity index (χ3v) is 2.62. The number of hydrogen-bond donors (Lipinski definition) is 1. The van der Waals surface area contributed by atoms with E-state index in [0.717, 1.165) is 12.1 Å². The molecule has 0 fully saturated rings. The lowest BCUT2D eigenvalue weighted by Crippen LogP contribution is -2.15. The highest BCUT2D eigenvalue weighted by molar-refractivity contribution is 5.71. The number of carbonyl (C=O) groups is 1. The molecule has 0 aliphatic rings. The molecule has 0 saturated heterocycles. The van der Waals surface area contributed by atoms with E-state index in [1.54, 1.807) is 24.3 Å². The van der Waals surface area contributed by atoms with E-state index in [1.807, 2.05) is 0 Å². The third kappa shape index (κ3) is 4.45. The first kappa shape index (κ1) is 14.8. The van der Waals surface area contributed by atoms with Gasteiger partial charge in [0.15, 0.2) is 6.61 Å². The lowest BCUT2D eigenvalue weighted by atomic mass is 10.2. The number of carbonyl (C=O) groups excluding carboxylic acids is 1. The highest BCUT2D eigenvalue weighted by atomic mass is 19.1. The summed E-state index contributed by atoms with van der Waals surface area (Å²) >= 11 is 0. The van der Waals surface area contributed by atoms with E-state index in [9.17, 15) is 13.6 Å². The van der Waals surface area contributed by atoms with Crippen LogP contribution < -0.4 is 10.5 Å². The maximum Gasteiger partial charge on any atom is 0.344 e. The van der Waals surface area contributed by atoms with Crippen molar-refractivity contribution in [2.24, 2.45) is 0 Å². The molecule has 2 N–H and O–H groups in total. The number of esters is 1. The van der Waals surface area contributed by atoms with Crippen LogP contribution in [0.1, 0.15) is 5.56 Å². The third-order valence-electron chi connectivity index (χ3n) is 2.62. The van der Waals surface area contributed by atoms with Gasteiger partial charge in [-0.25, -0.2) is 13.6 Å². The van der Waals surface area contributed by atoms with Crippen LogP contribution in [0.4, 0.5) is 14.5 Å². The molecule has 0 amide bonds. The zero-order chi connectivity index (χ0) is 15.2. The van der Waals surface area contributed by atoms with E-state index in [1.165, 1.54) is 6.07 Å². The Kier molecular flexibility index (Phi) is 4.71. The number of anilines is 1. The van der Waals surface area contributed by atoms with E-state index in [-0.39, 0.29) is 18.8 Å². The molecule has 0 unspecified atom stereocenters. The molecular weight excluding hydrogens is 280 g/mol. The standard InChI is InChI=1S/C15H13F2NO3/c16-11-5-4-10(14(17)6-11)8-21-15(19)9-20-13-3-1-2-12(18)7-13/h1-7H,8-9,18H2. The minimum atomic E-state index is -0.764. The van der Waals surface area contributed by atoms with Crippen molar-refractivity contribution in [1.29, 1.82) is 0 Å². The van der Waals surface area contributed by atoms with Crippen LogP contribution in [0.5, 0.6) is 5.75 Å². The quantitative estimate of drug-likeness (QED) is 0.680. The molecule has 2 aromatic carbocycles. The summed E-state index contributed by atoms with van der Waals surface area (Å²) in [7, 11) is 0. The van der Waals surface area contributed by atoms with Crippen molar-refractivity contribution >= 4 is 11.7 Å². The summed E-state index contributed by atoms with van der Waals surface area (Å²) in [5.41, 5.74) is 6.16. The van der Waals surface area contributed by atoms with E-state index in [4.69, 9.17) is 15.2 Å². The Morgan fingerprint density at radius 2 is 1.95 bits per heavy atom. The fraction of sp³-hybridized carbons (Fsp3) is 0.133.